The predicted octanol–water partition coefficient (Wildman–Crippen LogP) is 1.78. The van der Waals surface area contributed by atoms with Crippen LogP contribution in [0.5, 0.6) is 0 Å². The van der Waals surface area contributed by atoms with Crippen LogP contribution in [0.2, 0.25) is 0 Å². The molecule has 4 nitrogen and oxygen atoms in total. The molecule has 1 fully saturated rings. The lowest BCUT2D eigenvalue weighted by molar-refractivity contribution is 0.256. The van der Waals surface area contributed by atoms with Crippen LogP contribution in [0.4, 0.5) is 14.5 Å². The number of likely N-dealkylation sites (N-methyl/N-ethyl adjacent to an activating group) is 1. The van der Waals surface area contributed by atoms with Crippen molar-refractivity contribution in [1.29, 1.82) is 5.41 Å². The Morgan fingerprint density at radius 2 is 1.95 bits per heavy atom. The second-order valence-electron chi connectivity index (χ2n) is 5.41. The molecule has 0 bridgehead atoms. The molecule has 1 aromatic carbocycles. The SMILES string of the molecule is CN(C)C1CCCN(c2c(F)cc(C(=N)N)cc2F)C1. The molecule has 6 heteroatoms. The van der Waals surface area contributed by atoms with Gasteiger partial charge in [-0.05, 0) is 39.1 Å². The van der Waals surface area contributed by atoms with Crippen molar-refractivity contribution in [2.45, 2.75) is 18.9 Å². The molecular weight excluding hydrogens is 262 g/mol. The van der Waals surface area contributed by atoms with Gasteiger partial charge in [-0.1, -0.05) is 0 Å². The van der Waals surface area contributed by atoms with Gasteiger partial charge in [0.15, 0.2) is 0 Å². The van der Waals surface area contributed by atoms with E-state index in [1.165, 1.54) is 0 Å². The Bertz CT molecular complexity index is 493. The summed E-state index contributed by atoms with van der Waals surface area (Å²) in [7, 11) is 3.94. The molecule has 0 radical (unpaired) electrons. The van der Waals surface area contributed by atoms with Crippen molar-refractivity contribution in [3.05, 3.63) is 29.3 Å². The van der Waals surface area contributed by atoms with E-state index in [2.05, 4.69) is 4.90 Å². The number of anilines is 1. The van der Waals surface area contributed by atoms with Crippen LogP contribution < -0.4 is 10.6 Å². The van der Waals surface area contributed by atoms with Crippen LogP contribution in [0.15, 0.2) is 12.1 Å². The number of hydrogen-bond acceptors (Lipinski definition) is 3. The van der Waals surface area contributed by atoms with Gasteiger partial charge < -0.3 is 15.5 Å². The average Bonchev–Trinajstić information content (AvgIpc) is 2.38. The Morgan fingerprint density at radius 1 is 1.35 bits per heavy atom. The first kappa shape index (κ1) is 14.7. The maximum Gasteiger partial charge on any atom is 0.150 e. The molecule has 1 aliphatic rings. The lowest BCUT2D eigenvalue weighted by atomic mass is 10.0. The van der Waals surface area contributed by atoms with Crippen LogP contribution in [0.3, 0.4) is 0 Å². The number of hydrogen-bond donors (Lipinski definition) is 2. The molecule has 1 aliphatic heterocycles. The third kappa shape index (κ3) is 2.90. The molecule has 1 unspecified atom stereocenters. The molecular formula is C14H20F2N4. The van der Waals surface area contributed by atoms with Crippen molar-refractivity contribution in [3.8, 4) is 0 Å². The number of rotatable bonds is 3. The number of amidine groups is 1. The minimum Gasteiger partial charge on any atom is -0.384 e. The molecule has 2 rings (SSSR count). The topological polar surface area (TPSA) is 56.4 Å². The normalized spacial score (nSPS) is 19.4. The quantitative estimate of drug-likeness (QED) is 0.656. The monoisotopic (exact) mass is 282 g/mol. The summed E-state index contributed by atoms with van der Waals surface area (Å²) < 4.78 is 28.3. The van der Waals surface area contributed by atoms with Crippen LogP contribution >= 0.6 is 0 Å². The summed E-state index contributed by atoms with van der Waals surface area (Å²) in [6.45, 7) is 1.23. The highest BCUT2D eigenvalue weighted by molar-refractivity contribution is 5.95. The molecule has 3 N–H and O–H groups in total. The second-order valence-corrected chi connectivity index (χ2v) is 5.41. The second kappa shape index (κ2) is 5.75. The summed E-state index contributed by atoms with van der Waals surface area (Å²) in [4.78, 5) is 3.81. The van der Waals surface area contributed by atoms with E-state index < -0.39 is 11.6 Å². The molecule has 20 heavy (non-hydrogen) atoms. The van der Waals surface area contributed by atoms with Crippen LogP contribution in [-0.2, 0) is 0 Å². The fourth-order valence-corrected chi connectivity index (χ4v) is 2.60. The zero-order chi connectivity index (χ0) is 14.9. The third-order valence-corrected chi connectivity index (χ3v) is 3.77. The average molecular weight is 282 g/mol. The van der Waals surface area contributed by atoms with E-state index in [-0.39, 0.29) is 23.1 Å². The highest BCUT2D eigenvalue weighted by Gasteiger charge is 2.26. The number of halogens is 2. The first-order valence-electron chi connectivity index (χ1n) is 6.65. The van der Waals surface area contributed by atoms with Crippen molar-refractivity contribution >= 4 is 11.5 Å². The molecule has 1 aromatic rings. The van der Waals surface area contributed by atoms with E-state index in [1.807, 2.05) is 14.1 Å². The number of nitrogens with two attached hydrogens (primary N) is 1. The highest BCUT2D eigenvalue weighted by atomic mass is 19.1. The van der Waals surface area contributed by atoms with E-state index in [9.17, 15) is 8.78 Å². The molecule has 110 valence electrons. The summed E-state index contributed by atoms with van der Waals surface area (Å²) in [5.41, 5.74) is 5.33. The van der Waals surface area contributed by atoms with Gasteiger partial charge >= 0.3 is 0 Å². The number of nitrogen functional groups attached to an aromatic ring is 1. The highest BCUT2D eigenvalue weighted by Crippen LogP contribution is 2.28. The lowest BCUT2D eigenvalue weighted by Crippen LogP contribution is -2.45. The van der Waals surface area contributed by atoms with Gasteiger partial charge in [-0.15, -0.1) is 0 Å². The van der Waals surface area contributed by atoms with Gasteiger partial charge in [-0.2, -0.15) is 0 Å². The molecule has 0 amide bonds. The van der Waals surface area contributed by atoms with E-state index in [4.69, 9.17) is 11.1 Å². The molecule has 0 saturated carbocycles. The van der Waals surface area contributed by atoms with Gasteiger partial charge in [-0.3, -0.25) is 5.41 Å². The fraction of sp³-hybridized carbons (Fsp3) is 0.500. The lowest BCUT2D eigenvalue weighted by Gasteiger charge is -2.37. The van der Waals surface area contributed by atoms with E-state index >= 15 is 0 Å². The minimum absolute atomic E-state index is 0.0125. The van der Waals surface area contributed by atoms with Gasteiger partial charge in [0.25, 0.3) is 0 Å². The number of piperidine rings is 1. The summed E-state index contributed by atoms with van der Waals surface area (Å²) in [5, 5.41) is 7.26. The van der Waals surface area contributed by atoms with E-state index in [1.54, 1.807) is 4.90 Å². The Hall–Kier alpha value is -1.69. The molecule has 0 spiro atoms. The molecule has 1 saturated heterocycles. The zero-order valence-electron chi connectivity index (χ0n) is 11.8. The van der Waals surface area contributed by atoms with Gasteiger partial charge in [0.1, 0.15) is 23.2 Å². The van der Waals surface area contributed by atoms with Gasteiger partial charge in [0.2, 0.25) is 0 Å². The van der Waals surface area contributed by atoms with Crippen LogP contribution in [0, 0.1) is 17.0 Å². The zero-order valence-corrected chi connectivity index (χ0v) is 11.8. The molecule has 0 aliphatic carbocycles. The third-order valence-electron chi connectivity index (χ3n) is 3.77. The van der Waals surface area contributed by atoms with Crippen molar-refractivity contribution < 1.29 is 8.78 Å². The number of nitrogens with one attached hydrogen (secondary N) is 1. The van der Waals surface area contributed by atoms with Crippen molar-refractivity contribution in [1.82, 2.24) is 4.90 Å². The summed E-state index contributed by atoms with van der Waals surface area (Å²) in [5.74, 6) is -1.65. The first-order chi connectivity index (χ1) is 9.40. The van der Waals surface area contributed by atoms with E-state index in [0.717, 1.165) is 25.0 Å². The maximum atomic E-state index is 14.1. The first-order valence-corrected chi connectivity index (χ1v) is 6.65. The Labute approximate surface area is 117 Å². The summed E-state index contributed by atoms with van der Waals surface area (Å²) in [6, 6.07) is 2.54. The Kier molecular flexibility index (Phi) is 4.23. The van der Waals surface area contributed by atoms with Gasteiger partial charge in [-0.25, -0.2) is 8.78 Å². The van der Waals surface area contributed by atoms with Gasteiger partial charge in [0, 0.05) is 24.7 Å². The number of nitrogens with zero attached hydrogens (tertiary/aromatic N) is 2. The summed E-state index contributed by atoms with van der Waals surface area (Å²) >= 11 is 0. The van der Waals surface area contributed by atoms with Crippen LogP contribution in [0.25, 0.3) is 0 Å². The molecule has 1 heterocycles. The van der Waals surface area contributed by atoms with Gasteiger partial charge in [0.05, 0.1) is 0 Å². The maximum absolute atomic E-state index is 14.1. The van der Waals surface area contributed by atoms with Crippen LogP contribution in [-0.4, -0.2) is 44.0 Å². The largest absolute Gasteiger partial charge is 0.384 e. The van der Waals surface area contributed by atoms with Crippen molar-refractivity contribution in [3.63, 3.8) is 0 Å². The van der Waals surface area contributed by atoms with Crippen LogP contribution in [0.1, 0.15) is 18.4 Å². The smallest absolute Gasteiger partial charge is 0.150 e. The minimum atomic E-state index is -0.658. The number of benzene rings is 1. The fourth-order valence-electron chi connectivity index (χ4n) is 2.60. The molecule has 1 atom stereocenters. The Morgan fingerprint density at radius 3 is 2.45 bits per heavy atom. The van der Waals surface area contributed by atoms with Crippen molar-refractivity contribution in [2.24, 2.45) is 5.73 Å². The van der Waals surface area contributed by atoms with E-state index in [0.29, 0.717) is 13.1 Å². The Balaban J connectivity index is 2.30. The predicted molar refractivity (Wildman–Crippen MR) is 76.3 cm³/mol. The molecule has 0 aromatic heterocycles. The standard InChI is InChI=1S/C14H20F2N4/c1-19(2)10-4-3-5-20(8-10)13-11(15)6-9(14(17)18)7-12(13)16/h6-7,10H,3-5,8H2,1-2H3,(H3,17,18). The summed E-state index contributed by atoms with van der Waals surface area (Å²) in [6.07, 6.45) is 1.93. The van der Waals surface area contributed by atoms with Crippen molar-refractivity contribution in [2.75, 3.05) is 32.1 Å².